The summed E-state index contributed by atoms with van der Waals surface area (Å²) in [6, 6.07) is 6.16. The van der Waals surface area contributed by atoms with Gasteiger partial charge in [0.1, 0.15) is 11.3 Å². The van der Waals surface area contributed by atoms with Gasteiger partial charge in [-0.15, -0.1) is 4.91 Å². The van der Waals surface area contributed by atoms with E-state index in [0.29, 0.717) is 13.2 Å². The maximum absolute atomic E-state index is 12.2. The van der Waals surface area contributed by atoms with Gasteiger partial charge in [0.2, 0.25) is 5.72 Å². The lowest BCUT2D eigenvalue weighted by Crippen LogP contribution is -2.38. The molecule has 21 heavy (non-hydrogen) atoms. The summed E-state index contributed by atoms with van der Waals surface area (Å²) in [5.74, 6) is -1.22. The van der Waals surface area contributed by atoms with Crippen LogP contribution in [0.2, 0.25) is 0 Å². The minimum Gasteiger partial charge on any atom is -0.430 e. The molecule has 0 bridgehead atoms. The molecule has 0 aliphatic carbocycles. The number of rotatable bonds is 4. The zero-order chi connectivity index (χ0) is 15.3. The molecule has 0 aromatic heterocycles. The van der Waals surface area contributed by atoms with E-state index in [2.05, 4.69) is 5.18 Å². The molecule has 1 aliphatic heterocycles. The molecule has 7 nitrogen and oxygen atoms in total. The minimum atomic E-state index is -1.42. The molecular formula is C14H15NO6. The molecule has 112 valence electrons. The van der Waals surface area contributed by atoms with Gasteiger partial charge in [0.25, 0.3) is 0 Å². The number of carbonyl (C=O) groups excluding carboxylic acids is 2. The second-order valence-electron chi connectivity index (χ2n) is 4.63. The standard InChI is InChI=1S/C14H15NO6/c1-10(16)20-12-5-3-2-4-11(12)13(17)21-14(15-18)6-8-19-9-7-14/h2-5H,6-9H2,1H3. The van der Waals surface area contributed by atoms with Gasteiger partial charge in [-0.2, -0.15) is 0 Å². The van der Waals surface area contributed by atoms with Crippen molar-refractivity contribution < 1.29 is 23.8 Å². The first-order valence-corrected chi connectivity index (χ1v) is 6.49. The summed E-state index contributed by atoms with van der Waals surface area (Å²) in [7, 11) is 0. The summed E-state index contributed by atoms with van der Waals surface area (Å²) < 4.78 is 15.3. The quantitative estimate of drug-likeness (QED) is 0.479. The van der Waals surface area contributed by atoms with Crippen molar-refractivity contribution in [3.05, 3.63) is 34.7 Å². The first-order chi connectivity index (χ1) is 10.1. The van der Waals surface area contributed by atoms with Crippen LogP contribution in [-0.2, 0) is 14.3 Å². The second-order valence-corrected chi connectivity index (χ2v) is 4.63. The van der Waals surface area contributed by atoms with Gasteiger partial charge in [0, 0.05) is 19.8 Å². The van der Waals surface area contributed by atoms with Gasteiger partial charge in [0.15, 0.2) is 0 Å². The van der Waals surface area contributed by atoms with Crippen LogP contribution in [0.1, 0.15) is 30.1 Å². The van der Waals surface area contributed by atoms with E-state index in [-0.39, 0.29) is 24.2 Å². The molecule has 0 atom stereocenters. The first-order valence-electron chi connectivity index (χ1n) is 6.49. The molecule has 7 heteroatoms. The molecule has 1 saturated heterocycles. The molecule has 0 saturated carbocycles. The Morgan fingerprint density at radius 1 is 1.24 bits per heavy atom. The molecule has 1 aromatic rings. The van der Waals surface area contributed by atoms with Gasteiger partial charge in [-0.25, -0.2) is 4.79 Å². The Balaban J connectivity index is 2.19. The van der Waals surface area contributed by atoms with Crippen LogP contribution in [0.5, 0.6) is 5.75 Å². The van der Waals surface area contributed by atoms with Crippen molar-refractivity contribution in [2.45, 2.75) is 25.5 Å². The fraction of sp³-hybridized carbons (Fsp3) is 0.429. The molecule has 0 amide bonds. The second kappa shape index (κ2) is 6.45. The highest BCUT2D eigenvalue weighted by atomic mass is 16.6. The maximum atomic E-state index is 12.2. The summed E-state index contributed by atoms with van der Waals surface area (Å²) in [5, 5.41) is 2.95. The lowest BCUT2D eigenvalue weighted by molar-refractivity contribution is -0.131. The molecule has 0 unspecified atom stereocenters. The van der Waals surface area contributed by atoms with Crippen LogP contribution in [0.3, 0.4) is 0 Å². The number of para-hydroxylation sites is 1. The van der Waals surface area contributed by atoms with Crippen LogP contribution in [-0.4, -0.2) is 30.9 Å². The number of carbonyl (C=O) groups is 2. The summed E-state index contributed by atoms with van der Waals surface area (Å²) in [6.07, 6.45) is 0.413. The van der Waals surface area contributed by atoms with Crippen molar-refractivity contribution in [1.82, 2.24) is 0 Å². The van der Waals surface area contributed by atoms with Crippen molar-refractivity contribution >= 4 is 11.9 Å². The topological polar surface area (TPSA) is 91.3 Å². The van der Waals surface area contributed by atoms with Gasteiger partial charge in [-0.3, -0.25) is 4.79 Å². The molecule has 1 aliphatic rings. The summed E-state index contributed by atoms with van der Waals surface area (Å²) in [4.78, 5) is 34.3. The van der Waals surface area contributed by atoms with Crippen molar-refractivity contribution in [3.63, 3.8) is 0 Å². The Labute approximate surface area is 121 Å². The average molecular weight is 293 g/mol. The fourth-order valence-corrected chi connectivity index (χ4v) is 2.01. The third-order valence-corrected chi connectivity index (χ3v) is 3.08. The minimum absolute atomic E-state index is 0.0715. The lowest BCUT2D eigenvalue weighted by Gasteiger charge is -2.29. The van der Waals surface area contributed by atoms with Crippen molar-refractivity contribution in [1.29, 1.82) is 0 Å². The van der Waals surface area contributed by atoms with Crippen LogP contribution in [0.25, 0.3) is 0 Å². The molecule has 0 radical (unpaired) electrons. The molecule has 1 fully saturated rings. The highest BCUT2D eigenvalue weighted by molar-refractivity contribution is 5.93. The van der Waals surface area contributed by atoms with Crippen LogP contribution in [0.15, 0.2) is 29.4 Å². The number of nitroso groups, excluding NO2 is 1. The van der Waals surface area contributed by atoms with E-state index in [4.69, 9.17) is 14.2 Å². The van der Waals surface area contributed by atoms with Crippen molar-refractivity contribution in [3.8, 4) is 5.75 Å². The number of ether oxygens (including phenoxy) is 3. The van der Waals surface area contributed by atoms with Crippen molar-refractivity contribution in [2.75, 3.05) is 13.2 Å². The summed E-state index contributed by atoms with van der Waals surface area (Å²) >= 11 is 0. The predicted octanol–water partition coefficient (Wildman–Crippen LogP) is 2.04. The number of hydrogen-bond donors (Lipinski definition) is 0. The summed E-state index contributed by atoms with van der Waals surface area (Å²) in [5.41, 5.74) is -1.35. The van der Waals surface area contributed by atoms with E-state index in [1.165, 1.54) is 19.1 Å². The third kappa shape index (κ3) is 3.63. The smallest absolute Gasteiger partial charge is 0.344 e. The Bertz CT molecular complexity index is 550. The zero-order valence-electron chi connectivity index (χ0n) is 11.5. The Morgan fingerprint density at radius 2 is 1.90 bits per heavy atom. The van der Waals surface area contributed by atoms with E-state index in [0.717, 1.165) is 0 Å². The first kappa shape index (κ1) is 15.1. The summed E-state index contributed by atoms with van der Waals surface area (Å²) in [6.45, 7) is 1.82. The van der Waals surface area contributed by atoms with Crippen LogP contribution >= 0.6 is 0 Å². The Hall–Kier alpha value is -2.28. The molecule has 1 aromatic carbocycles. The monoisotopic (exact) mass is 293 g/mol. The van der Waals surface area contributed by atoms with Crippen LogP contribution in [0.4, 0.5) is 0 Å². The number of benzene rings is 1. The zero-order valence-corrected chi connectivity index (χ0v) is 11.5. The largest absolute Gasteiger partial charge is 0.430 e. The number of nitrogens with zero attached hydrogens (tertiary/aromatic N) is 1. The fourth-order valence-electron chi connectivity index (χ4n) is 2.01. The average Bonchev–Trinajstić information content (AvgIpc) is 2.48. The predicted molar refractivity (Wildman–Crippen MR) is 71.7 cm³/mol. The Morgan fingerprint density at radius 3 is 2.52 bits per heavy atom. The number of esters is 2. The number of hydrogen-bond acceptors (Lipinski definition) is 7. The SMILES string of the molecule is CC(=O)Oc1ccccc1C(=O)OC1(N=O)CCOCC1. The molecule has 0 N–H and O–H groups in total. The molecular weight excluding hydrogens is 278 g/mol. The van der Waals surface area contributed by atoms with Gasteiger partial charge in [0.05, 0.1) is 13.2 Å². The van der Waals surface area contributed by atoms with E-state index < -0.39 is 17.7 Å². The van der Waals surface area contributed by atoms with Gasteiger partial charge < -0.3 is 14.2 Å². The maximum Gasteiger partial charge on any atom is 0.344 e. The van der Waals surface area contributed by atoms with Gasteiger partial charge in [-0.1, -0.05) is 12.1 Å². The van der Waals surface area contributed by atoms with Crippen molar-refractivity contribution in [2.24, 2.45) is 5.18 Å². The lowest BCUT2D eigenvalue weighted by atomic mass is 10.1. The van der Waals surface area contributed by atoms with Gasteiger partial charge >= 0.3 is 11.9 Å². The van der Waals surface area contributed by atoms with Crippen LogP contribution in [0, 0.1) is 4.91 Å². The highest BCUT2D eigenvalue weighted by Gasteiger charge is 2.39. The van der Waals surface area contributed by atoms with Gasteiger partial charge in [-0.05, 0) is 17.3 Å². The molecule has 2 rings (SSSR count). The third-order valence-electron chi connectivity index (χ3n) is 3.08. The molecule has 1 heterocycles. The normalized spacial score (nSPS) is 16.8. The van der Waals surface area contributed by atoms with E-state index in [1.54, 1.807) is 12.1 Å². The van der Waals surface area contributed by atoms with E-state index >= 15 is 0 Å². The molecule has 0 spiro atoms. The Kier molecular flexibility index (Phi) is 4.64. The van der Waals surface area contributed by atoms with E-state index in [9.17, 15) is 14.5 Å². The highest BCUT2D eigenvalue weighted by Crippen LogP contribution is 2.29. The van der Waals surface area contributed by atoms with Crippen LogP contribution < -0.4 is 4.74 Å². The van der Waals surface area contributed by atoms with E-state index in [1.807, 2.05) is 0 Å².